The molecule has 1 aromatic heterocycles. The summed E-state index contributed by atoms with van der Waals surface area (Å²) < 4.78 is 11.2. The van der Waals surface area contributed by atoms with Crippen LogP contribution in [-0.4, -0.2) is 7.11 Å². The van der Waals surface area contributed by atoms with E-state index in [1.165, 1.54) is 0 Å². The number of para-hydroxylation sites is 2. The minimum atomic E-state index is 0.749. The Hall–Kier alpha value is -2.22. The molecular weight excluding hydrogens is 224 g/mol. The van der Waals surface area contributed by atoms with Crippen molar-refractivity contribution in [3.63, 3.8) is 0 Å². The first-order valence-electron chi connectivity index (χ1n) is 5.96. The fraction of sp³-hybridized carbons (Fsp3) is 0.125. The lowest BCUT2D eigenvalue weighted by molar-refractivity contribution is 0.409. The summed E-state index contributed by atoms with van der Waals surface area (Å²) in [6.45, 7) is 0. The second-order valence-electron chi connectivity index (χ2n) is 4.24. The smallest absolute Gasteiger partial charge is 0.134 e. The maximum atomic E-state index is 5.82. The van der Waals surface area contributed by atoms with Gasteiger partial charge in [0.15, 0.2) is 0 Å². The molecule has 0 fully saturated rings. The molecule has 0 amide bonds. The van der Waals surface area contributed by atoms with Crippen molar-refractivity contribution in [2.75, 3.05) is 7.11 Å². The van der Waals surface area contributed by atoms with Crippen LogP contribution >= 0.6 is 0 Å². The number of methoxy groups -OCH3 is 1. The predicted octanol–water partition coefficient (Wildman–Crippen LogP) is 4.03. The van der Waals surface area contributed by atoms with Crippen molar-refractivity contribution in [2.45, 2.75) is 6.42 Å². The second-order valence-corrected chi connectivity index (χ2v) is 4.24. The third-order valence-electron chi connectivity index (χ3n) is 3.03. The summed E-state index contributed by atoms with van der Waals surface area (Å²) >= 11 is 0. The van der Waals surface area contributed by atoms with E-state index in [9.17, 15) is 0 Å². The molecule has 3 aromatic rings. The van der Waals surface area contributed by atoms with Crippen LogP contribution in [0.25, 0.3) is 11.0 Å². The highest BCUT2D eigenvalue weighted by molar-refractivity contribution is 5.77. The van der Waals surface area contributed by atoms with E-state index in [0.29, 0.717) is 0 Å². The minimum absolute atomic E-state index is 0.749. The summed E-state index contributed by atoms with van der Waals surface area (Å²) in [5.74, 6) is 1.86. The Balaban J connectivity index is 1.96. The van der Waals surface area contributed by atoms with Gasteiger partial charge >= 0.3 is 0 Å². The molecule has 90 valence electrons. The summed E-state index contributed by atoms with van der Waals surface area (Å²) in [4.78, 5) is 0. The summed E-state index contributed by atoms with van der Waals surface area (Å²) in [6.07, 6.45) is 0.749. The Morgan fingerprint density at radius 1 is 1.00 bits per heavy atom. The van der Waals surface area contributed by atoms with E-state index in [1.54, 1.807) is 7.11 Å². The van der Waals surface area contributed by atoms with Crippen LogP contribution in [0.4, 0.5) is 0 Å². The molecule has 0 aliphatic heterocycles. The highest BCUT2D eigenvalue weighted by Crippen LogP contribution is 2.25. The summed E-state index contributed by atoms with van der Waals surface area (Å²) in [7, 11) is 1.69. The van der Waals surface area contributed by atoms with Crippen molar-refractivity contribution in [2.24, 2.45) is 0 Å². The number of fused-ring (bicyclic) bond motifs is 1. The number of furan rings is 1. The van der Waals surface area contributed by atoms with Gasteiger partial charge in [0.05, 0.1) is 7.11 Å². The Labute approximate surface area is 106 Å². The third kappa shape index (κ3) is 1.97. The first-order valence-corrected chi connectivity index (χ1v) is 5.96. The maximum Gasteiger partial charge on any atom is 0.134 e. The summed E-state index contributed by atoms with van der Waals surface area (Å²) in [6, 6.07) is 18.2. The molecule has 0 bridgehead atoms. The van der Waals surface area contributed by atoms with Gasteiger partial charge in [-0.3, -0.25) is 0 Å². The molecule has 0 radical (unpaired) electrons. The predicted molar refractivity (Wildman–Crippen MR) is 72.0 cm³/mol. The number of rotatable bonds is 3. The summed E-state index contributed by atoms with van der Waals surface area (Å²) in [5.41, 5.74) is 2.07. The van der Waals surface area contributed by atoms with Gasteiger partial charge in [0.2, 0.25) is 0 Å². The van der Waals surface area contributed by atoms with Crippen LogP contribution < -0.4 is 4.74 Å². The van der Waals surface area contributed by atoms with E-state index >= 15 is 0 Å². The number of hydrogen-bond acceptors (Lipinski definition) is 2. The van der Waals surface area contributed by atoms with Crippen LogP contribution in [-0.2, 0) is 6.42 Å². The highest BCUT2D eigenvalue weighted by Gasteiger charge is 2.07. The van der Waals surface area contributed by atoms with E-state index in [2.05, 4.69) is 18.2 Å². The van der Waals surface area contributed by atoms with Crippen molar-refractivity contribution in [3.8, 4) is 5.75 Å². The average molecular weight is 238 g/mol. The van der Waals surface area contributed by atoms with Crippen LogP contribution in [0.5, 0.6) is 5.75 Å². The topological polar surface area (TPSA) is 22.4 Å². The Morgan fingerprint density at radius 3 is 2.61 bits per heavy atom. The molecule has 3 rings (SSSR count). The van der Waals surface area contributed by atoms with Crippen molar-refractivity contribution in [3.05, 3.63) is 65.9 Å². The van der Waals surface area contributed by atoms with Gasteiger partial charge in [-0.1, -0.05) is 36.4 Å². The third-order valence-corrected chi connectivity index (χ3v) is 3.03. The van der Waals surface area contributed by atoms with Crippen molar-refractivity contribution in [1.29, 1.82) is 0 Å². The number of hydrogen-bond donors (Lipinski definition) is 0. The molecule has 2 nitrogen and oxygen atoms in total. The Bertz CT molecular complexity index is 634. The minimum Gasteiger partial charge on any atom is -0.496 e. The first-order chi connectivity index (χ1) is 8.86. The molecule has 0 saturated heterocycles. The molecule has 0 aliphatic rings. The monoisotopic (exact) mass is 238 g/mol. The molecule has 0 unspecified atom stereocenters. The lowest BCUT2D eigenvalue weighted by Crippen LogP contribution is -1.91. The SMILES string of the molecule is COc1ccccc1Cc1cc2ccccc2o1. The molecule has 0 saturated carbocycles. The maximum absolute atomic E-state index is 5.82. The lowest BCUT2D eigenvalue weighted by Gasteiger charge is -2.05. The standard InChI is InChI=1S/C16H14O2/c1-17-15-8-4-2-6-12(15)10-14-11-13-7-3-5-9-16(13)18-14/h2-9,11H,10H2,1H3. The molecule has 18 heavy (non-hydrogen) atoms. The van der Waals surface area contributed by atoms with Crippen LogP contribution in [0.1, 0.15) is 11.3 Å². The molecule has 0 spiro atoms. The van der Waals surface area contributed by atoms with Gasteiger partial charge in [-0.25, -0.2) is 0 Å². The normalized spacial score (nSPS) is 10.7. The fourth-order valence-corrected chi connectivity index (χ4v) is 2.16. The fourth-order valence-electron chi connectivity index (χ4n) is 2.16. The number of ether oxygens (including phenoxy) is 1. The molecule has 2 aromatic carbocycles. The quantitative estimate of drug-likeness (QED) is 0.687. The zero-order valence-electron chi connectivity index (χ0n) is 10.2. The Morgan fingerprint density at radius 2 is 1.78 bits per heavy atom. The van der Waals surface area contributed by atoms with Crippen LogP contribution in [0.15, 0.2) is 59.0 Å². The number of benzene rings is 2. The van der Waals surface area contributed by atoms with Gasteiger partial charge in [0, 0.05) is 17.4 Å². The van der Waals surface area contributed by atoms with Crippen LogP contribution in [0, 0.1) is 0 Å². The zero-order valence-corrected chi connectivity index (χ0v) is 10.2. The molecule has 2 heteroatoms. The second kappa shape index (κ2) is 4.57. The summed E-state index contributed by atoms with van der Waals surface area (Å²) in [5, 5.41) is 1.14. The van der Waals surface area contributed by atoms with Gasteiger partial charge < -0.3 is 9.15 Å². The first kappa shape index (κ1) is 10.9. The highest BCUT2D eigenvalue weighted by atomic mass is 16.5. The van der Waals surface area contributed by atoms with Gasteiger partial charge in [0.1, 0.15) is 17.1 Å². The van der Waals surface area contributed by atoms with Gasteiger partial charge in [-0.15, -0.1) is 0 Å². The molecule has 0 N–H and O–H groups in total. The average Bonchev–Trinajstić information content (AvgIpc) is 2.81. The zero-order chi connectivity index (χ0) is 12.4. The van der Waals surface area contributed by atoms with E-state index < -0.39 is 0 Å². The molecule has 0 atom stereocenters. The van der Waals surface area contributed by atoms with E-state index in [0.717, 1.165) is 34.5 Å². The van der Waals surface area contributed by atoms with E-state index in [1.807, 2.05) is 36.4 Å². The van der Waals surface area contributed by atoms with Crippen LogP contribution in [0.2, 0.25) is 0 Å². The lowest BCUT2D eigenvalue weighted by atomic mass is 10.1. The molecule has 0 aliphatic carbocycles. The van der Waals surface area contributed by atoms with Crippen molar-refractivity contribution in [1.82, 2.24) is 0 Å². The van der Waals surface area contributed by atoms with Gasteiger partial charge in [0.25, 0.3) is 0 Å². The Kier molecular flexibility index (Phi) is 2.77. The molecular formula is C16H14O2. The molecule has 1 heterocycles. The largest absolute Gasteiger partial charge is 0.496 e. The van der Waals surface area contributed by atoms with Crippen molar-refractivity contribution < 1.29 is 9.15 Å². The van der Waals surface area contributed by atoms with Crippen molar-refractivity contribution >= 4 is 11.0 Å². The van der Waals surface area contributed by atoms with Gasteiger partial charge in [-0.2, -0.15) is 0 Å². The van der Waals surface area contributed by atoms with Crippen LogP contribution in [0.3, 0.4) is 0 Å². The van der Waals surface area contributed by atoms with E-state index in [4.69, 9.17) is 9.15 Å². The van der Waals surface area contributed by atoms with E-state index in [-0.39, 0.29) is 0 Å². The van der Waals surface area contributed by atoms with Gasteiger partial charge in [-0.05, 0) is 18.2 Å².